The first-order valence-electron chi connectivity index (χ1n) is 5.61. The van der Waals surface area contributed by atoms with Crippen LogP contribution in [0.15, 0.2) is 30.3 Å². The summed E-state index contributed by atoms with van der Waals surface area (Å²) in [5.74, 6) is 1.07. The van der Waals surface area contributed by atoms with Crippen molar-refractivity contribution in [3.8, 4) is 0 Å². The molecule has 0 aliphatic rings. The van der Waals surface area contributed by atoms with Gasteiger partial charge in [-0.2, -0.15) is 24.4 Å². The van der Waals surface area contributed by atoms with Crippen molar-refractivity contribution in [2.45, 2.75) is 11.7 Å². The molecule has 0 aliphatic heterocycles. The van der Waals surface area contributed by atoms with Gasteiger partial charge in [-0.15, -0.1) is 0 Å². The maximum atomic E-state index is 12.0. The molecule has 94 valence electrons. The van der Waals surface area contributed by atoms with Gasteiger partial charge in [0.1, 0.15) is 0 Å². The van der Waals surface area contributed by atoms with Gasteiger partial charge in [0.15, 0.2) is 0 Å². The number of hydrogen-bond acceptors (Lipinski definition) is 3. The fourth-order valence-electron chi connectivity index (χ4n) is 1.52. The molecule has 0 radical (unpaired) electrons. The highest BCUT2D eigenvalue weighted by molar-refractivity contribution is 7.98. The lowest BCUT2D eigenvalue weighted by Crippen LogP contribution is -2.36. The average Bonchev–Trinajstić information content (AvgIpc) is 2.36. The standard InChI is InChI=1S/C13H19NOS2/c1-14(8-9-17-2)13(15)12(16)10-11-6-4-3-5-7-11/h3-7,12,16H,8-10H2,1-2H3. The van der Waals surface area contributed by atoms with E-state index in [1.165, 1.54) is 0 Å². The molecule has 0 spiro atoms. The van der Waals surface area contributed by atoms with Gasteiger partial charge in [-0.1, -0.05) is 30.3 Å². The van der Waals surface area contributed by atoms with Crippen molar-refractivity contribution < 1.29 is 4.79 Å². The zero-order valence-corrected chi connectivity index (χ0v) is 12.0. The molecule has 1 unspecified atom stereocenters. The van der Waals surface area contributed by atoms with E-state index < -0.39 is 0 Å². The molecule has 0 aliphatic carbocycles. The first kappa shape index (κ1) is 14.5. The summed E-state index contributed by atoms with van der Waals surface area (Å²) in [4.78, 5) is 13.8. The average molecular weight is 269 g/mol. The Bertz CT molecular complexity index is 343. The smallest absolute Gasteiger partial charge is 0.235 e. The molecule has 1 rings (SSSR count). The second-order valence-electron chi connectivity index (χ2n) is 3.96. The van der Waals surface area contributed by atoms with Crippen LogP contribution in [0.5, 0.6) is 0 Å². The van der Waals surface area contributed by atoms with Gasteiger partial charge in [0.05, 0.1) is 5.25 Å². The van der Waals surface area contributed by atoms with E-state index in [9.17, 15) is 4.79 Å². The van der Waals surface area contributed by atoms with Crippen LogP contribution in [0.4, 0.5) is 0 Å². The lowest BCUT2D eigenvalue weighted by Gasteiger charge is -2.20. The van der Waals surface area contributed by atoms with Crippen molar-refractivity contribution in [1.82, 2.24) is 4.90 Å². The van der Waals surface area contributed by atoms with Crippen molar-refractivity contribution in [3.63, 3.8) is 0 Å². The third-order valence-electron chi connectivity index (χ3n) is 2.56. The zero-order chi connectivity index (χ0) is 12.7. The van der Waals surface area contributed by atoms with Crippen LogP contribution in [0.25, 0.3) is 0 Å². The SMILES string of the molecule is CSCCN(C)C(=O)C(S)Cc1ccccc1. The molecule has 0 saturated heterocycles. The molecule has 1 aromatic carbocycles. The number of carbonyl (C=O) groups is 1. The van der Waals surface area contributed by atoms with Crippen LogP contribution in [0.1, 0.15) is 5.56 Å². The van der Waals surface area contributed by atoms with Crippen LogP contribution in [-0.4, -0.2) is 41.7 Å². The van der Waals surface area contributed by atoms with Crippen molar-refractivity contribution >= 4 is 30.3 Å². The van der Waals surface area contributed by atoms with Gasteiger partial charge >= 0.3 is 0 Å². The highest BCUT2D eigenvalue weighted by Crippen LogP contribution is 2.10. The van der Waals surface area contributed by atoms with Crippen molar-refractivity contribution in [2.75, 3.05) is 25.6 Å². The van der Waals surface area contributed by atoms with Crippen LogP contribution < -0.4 is 0 Å². The number of thioether (sulfide) groups is 1. The first-order valence-corrected chi connectivity index (χ1v) is 7.52. The van der Waals surface area contributed by atoms with Gasteiger partial charge < -0.3 is 4.90 Å². The van der Waals surface area contributed by atoms with Gasteiger partial charge in [-0.3, -0.25) is 4.79 Å². The minimum Gasteiger partial charge on any atom is -0.344 e. The molecule has 17 heavy (non-hydrogen) atoms. The topological polar surface area (TPSA) is 20.3 Å². The van der Waals surface area contributed by atoms with Crippen LogP contribution in [0.3, 0.4) is 0 Å². The van der Waals surface area contributed by atoms with E-state index >= 15 is 0 Å². The van der Waals surface area contributed by atoms with E-state index in [0.717, 1.165) is 17.9 Å². The Morgan fingerprint density at radius 2 is 2.06 bits per heavy atom. The molecule has 0 bridgehead atoms. The first-order chi connectivity index (χ1) is 8.15. The minimum absolute atomic E-state index is 0.103. The summed E-state index contributed by atoms with van der Waals surface area (Å²) in [5.41, 5.74) is 1.15. The summed E-state index contributed by atoms with van der Waals surface area (Å²) < 4.78 is 0. The number of hydrogen-bond donors (Lipinski definition) is 1. The van der Waals surface area contributed by atoms with E-state index in [1.807, 2.05) is 43.6 Å². The number of benzene rings is 1. The number of thiol groups is 1. The number of nitrogens with zero attached hydrogens (tertiary/aromatic N) is 1. The van der Waals surface area contributed by atoms with E-state index in [4.69, 9.17) is 0 Å². The summed E-state index contributed by atoms with van der Waals surface area (Å²) >= 11 is 6.14. The summed E-state index contributed by atoms with van der Waals surface area (Å²) in [6, 6.07) is 10.00. The third-order valence-corrected chi connectivity index (χ3v) is 3.56. The molecule has 0 aromatic heterocycles. The van der Waals surface area contributed by atoms with Gasteiger partial charge in [-0.25, -0.2) is 0 Å². The Morgan fingerprint density at radius 3 is 2.65 bits per heavy atom. The van der Waals surface area contributed by atoms with E-state index in [0.29, 0.717) is 6.42 Å². The lowest BCUT2D eigenvalue weighted by molar-refractivity contribution is -0.129. The Kier molecular flexibility index (Phi) is 6.52. The molecule has 1 atom stereocenters. The van der Waals surface area contributed by atoms with Crippen molar-refractivity contribution in [1.29, 1.82) is 0 Å². The molecular weight excluding hydrogens is 250 g/mol. The maximum Gasteiger partial charge on any atom is 0.235 e. The van der Waals surface area contributed by atoms with Gasteiger partial charge in [0, 0.05) is 19.3 Å². The van der Waals surface area contributed by atoms with E-state index in [-0.39, 0.29) is 11.2 Å². The molecule has 2 nitrogen and oxygen atoms in total. The minimum atomic E-state index is -0.246. The second-order valence-corrected chi connectivity index (χ2v) is 5.57. The quantitative estimate of drug-likeness (QED) is 0.800. The molecule has 0 saturated carbocycles. The molecular formula is C13H19NOS2. The Labute approximate surface area is 113 Å². The second kappa shape index (κ2) is 7.67. The van der Waals surface area contributed by atoms with Gasteiger partial charge in [0.2, 0.25) is 5.91 Å². The molecule has 0 heterocycles. The Balaban J connectivity index is 2.47. The van der Waals surface area contributed by atoms with E-state index in [1.54, 1.807) is 16.7 Å². The zero-order valence-electron chi connectivity index (χ0n) is 10.3. The predicted molar refractivity (Wildman–Crippen MR) is 78.9 cm³/mol. The summed E-state index contributed by atoms with van der Waals surface area (Å²) in [7, 11) is 1.84. The number of rotatable bonds is 6. The Morgan fingerprint density at radius 1 is 1.41 bits per heavy atom. The third kappa shape index (κ3) is 5.04. The molecule has 0 N–H and O–H groups in total. The summed E-state index contributed by atoms with van der Waals surface area (Å²) in [6.07, 6.45) is 2.73. The number of carbonyl (C=O) groups excluding carboxylic acids is 1. The van der Waals surface area contributed by atoms with Crippen LogP contribution >= 0.6 is 24.4 Å². The van der Waals surface area contributed by atoms with E-state index in [2.05, 4.69) is 12.6 Å². The van der Waals surface area contributed by atoms with Crippen LogP contribution in [0.2, 0.25) is 0 Å². The molecule has 0 fully saturated rings. The number of amides is 1. The highest BCUT2D eigenvalue weighted by Gasteiger charge is 2.18. The lowest BCUT2D eigenvalue weighted by atomic mass is 10.1. The van der Waals surface area contributed by atoms with Crippen molar-refractivity contribution in [2.24, 2.45) is 0 Å². The molecule has 1 amide bonds. The van der Waals surface area contributed by atoms with Crippen LogP contribution in [0, 0.1) is 0 Å². The Hall–Kier alpha value is -0.610. The fourth-order valence-corrected chi connectivity index (χ4v) is 2.38. The predicted octanol–water partition coefficient (Wildman–Crippen LogP) is 2.35. The van der Waals surface area contributed by atoms with Crippen molar-refractivity contribution in [3.05, 3.63) is 35.9 Å². The fraction of sp³-hybridized carbons (Fsp3) is 0.462. The summed E-state index contributed by atoms with van der Waals surface area (Å²) in [5, 5.41) is -0.246. The summed E-state index contributed by atoms with van der Waals surface area (Å²) in [6.45, 7) is 0.784. The largest absolute Gasteiger partial charge is 0.344 e. The maximum absolute atomic E-state index is 12.0. The normalized spacial score (nSPS) is 12.2. The van der Waals surface area contributed by atoms with Crippen LogP contribution in [-0.2, 0) is 11.2 Å². The molecule has 1 aromatic rings. The monoisotopic (exact) mass is 269 g/mol. The highest BCUT2D eigenvalue weighted by atomic mass is 32.2. The molecule has 4 heteroatoms. The van der Waals surface area contributed by atoms with Gasteiger partial charge in [0.25, 0.3) is 0 Å². The van der Waals surface area contributed by atoms with Gasteiger partial charge in [-0.05, 0) is 18.2 Å².